The number of ether oxygens (including phenoxy) is 2. The van der Waals surface area contributed by atoms with Gasteiger partial charge in [-0.05, 0) is 91.9 Å². The zero-order valence-electron chi connectivity index (χ0n) is 22.2. The monoisotopic (exact) mass is 496 g/mol. The fourth-order valence-corrected chi connectivity index (χ4v) is 11.4. The number of Topliss-reactive ketones (excluding diaryl/α,β-unsaturated/α-hetero) is 1. The molecule has 6 fully saturated rings. The number of aliphatic hydroxyl groups is 2. The molecule has 6 nitrogen and oxygen atoms in total. The van der Waals surface area contributed by atoms with Crippen LogP contribution in [0.5, 0.6) is 0 Å². The van der Waals surface area contributed by atoms with Crippen LogP contribution < -0.4 is 0 Å². The fourth-order valence-electron chi connectivity index (χ4n) is 11.4. The molecule has 7 rings (SSSR count). The van der Waals surface area contributed by atoms with Crippen LogP contribution in [0.4, 0.5) is 0 Å². The van der Waals surface area contributed by atoms with Crippen LogP contribution in [0.3, 0.4) is 0 Å². The Morgan fingerprint density at radius 1 is 1.14 bits per heavy atom. The van der Waals surface area contributed by atoms with E-state index in [1.54, 1.807) is 0 Å². The van der Waals surface area contributed by atoms with E-state index in [2.05, 4.69) is 20.8 Å². The van der Waals surface area contributed by atoms with E-state index in [4.69, 9.17) is 9.47 Å². The number of allylic oxidation sites excluding steroid dienone is 2. The number of hydrogen-bond acceptors (Lipinski definition) is 6. The maximum Gasteiger partial charge on any atom is 0.341 e. The zero-order valence-corrected chi connectivity index (χ0v) is 22.2. The number of esters is 1. The van der Waals surface area contributed by atoms with E-state index < -0.39 is 23.1 Å². The molecule has 0 aromatic rings. The third kappa shape index (κ3) is 2.26. The van der Waals surface area contributed by atoms with Gasteiger partial charge in [-0.1, -0.05) is 26.3 Å². The van der Waals surface area contributed by atoms with Crippen LogP contribution in [-0.2, 0) is 19.1 Å². The molecular formula is C30H40O6. The molecule has 11 atom stereocenters. The van der Waals surface area contributed by atoms with E-state index >= 15 is 0 Å². The first-order valence-electron chi connectivity index (χ1n) is 14.1. The van der Waals surface area contributed by atoms with E-state index in [9.17, 15) is 19.8 Å². The highest BCUT2D eigenvalue weighted by atomic mass is 16.6. The summed E-state index contributed by atoms with van der Waals surface area (Å²) in [6.45, 7) is 10.5. The summed E-state index contributed by atoms with van der Waals surface area (Å²) in [6.07, 6.45) is 5.75. The lowest BCUT2D eigenvalue weighted by molar-refractivity contribution is -0.150. The lowest BCUT2D eigenvalue weighted by atomic mass is 9.48. The Labute approximate surface area is 213 Å². The van der Waals surface area contributed by atoms with Crippen molar-refractivity contribution < 1.29 is 29.3 Å². The minimum Gasteiger partial charge on any atom is -0.427 e. The van der Waals surface area contributed by atoms with Crippen molar-refractivity contribution in [3.63, 3.8) is 0 Å². The number of carbonyl (C=O) groups excluding carboxylic acids is 2. The highest BCUT2D eigenvalue weighted by Gasteiger charge is 2.98. The standard InChI is InChI=1S/C30H40O6/c1-14-10-22(35-26(34)18(14)13-31)16(3)19-6-7-20-21-12-24-30(36-24)25(33)15(2)11-23(32)29(30)17(4)28(21,29)9-8-27(19,20)5/h15,17,19-21,24-25,31,33H,6-13H2,1-5H3. The average Bonchev–Trinajstić information content (AvgIpc) is 3.64. The van der Waals surface area contributed by atoms with Gasteiger partial charge in [0.2, 0.25) is 0 Å². The van der Waals surface area contributed by atoms with E-state index in [1.807, 2.05) is 13.8 Å². The molecule has 196 valence electrons. The minimum absolute atomic E-state index is 0.00659. The SMILES string of the molecule is CC1=C(CO)C(=O)OC(=C(C)C2CCC3C4CC5OC56C(O)C(C)CC(=O)C65C(C)C45CCC23C)C1. The summed E-state index contributed by atoms with van der Waals surface area (Å²) < 4.78 is 12.2. The second kappa shape index (κ2) is 6.92. The van der Waals surface area contributed by atoms with Gasteiger partial charge in [0.15, 0.2) is 0 Å². The summed E-state index contributed by atoms with van der Waals surface area (Å²) in [5.41, 5.74) is 1.40. The summed E-state index contributed by atoms with van der Waals surface area (Å²) >= 11 is 0. The quantitative estimate of drug-likeness (QED) is 0.442. The molecular weight excluding hydrogens is 456 g/mol. The van der Waals surface area contributed by atoms with Crippen LogP contribution in [0, 0.1) is 45.8 Å². The van der Waals surface area contributed by atoms with Gasteiger partial charge in [0.1, 0.15) is 17.1 Å². The molecule has 2 heterocycles. The van der Waals surface area contributed by atoms with Crippen LogP contribution in [0.25, 0.3) is 0 Å². The first-order chi connectivity index (χ1) is 17.0. The lowest BCUT2D eigenvalue weighted by Gasteiger charge is -2.54. The Morgan fingerprint density at radius 2 is 1.89 bits per heavy atom. The number of epoxide rings is 1. The number of aliphatic hydroxyl groups excluding tert-OH is 2. The lowest BCUT2D eigenvalue weighted by Crippen LogP contribution is -2.60. The Balaban J connectivity index is 1.24. The van der Waals surface area contributed by atoms with Gasteiger partial charge in [-0.15, -0.1) is 0 Å². The number of cyclic esters (lactones) is 1. The molecule has 2 aliphatic heterocycles. The van der Waals surface area contributed by atoms with Crippen molar-refractivity contribution in [3.8, 4) is 0 Å². The van der Waals surface area contributed by atoms with Gasteiger partial charge in [0.25, 0.3) is 0 Å². The van der Waals surface area contributed by atoms with Gasteiger partial charge in [-0.2, -0.15) is 0 Å². The van der Waals surface area contributed by atoms with Crippen molar-refractivity contribution in [1.82, 2.24) is 0 Å². The van der Waals surface area contributed by atoms with Gasteiger partial charge >= 0.3 is 5.97 Å². The second-order valence-corrected chi connectivity index (χ2v) is 13.7. The van der Waals surface area contributed by atoms with Gasteiger partial charge in [0.05, 0.1) is 29.8 Å². The maximum absolute atomic E-state index is 13.8. The summed E-state index contributed by atoms with van der Waals surface area (Å²) in [5.74, 6) is 2.23. The smallest absolute Gasteiger partial charge is 0.341 e. The third-order valence-corrected chi connectivity index (χ3v) is 13.0. The molecule has 0 aromatic heterocycles. The molecule has 0 amide bonds. The van der Waals surface area contributed by atoms with Crippen molar-refractivity contribution >= 4 is 11.8 Å². The summed E-state index contributed by atoms with van der Waals surface area (Å²) in [5, 5.41) is 20.9. The second-order valence-electron chi connectivity index (χ2n) is 13.7. The van der Waals surface area contributed by atoms with Crippen LogP contribution in [0.2, 0.25) is 0 Å². The van der Waals surface area contributed by atoms with Crippen LogP contribution >= 0.6 is 0 Å². The maximum atomic E-state index is 13.8. The van der Waals surface area contributed by atoms with Crippen molar-refractivity contribution in [2.75, 3.05) is 6.61 Å². The van der Waals surface area contributed by atoms with E-state index in [-0.39, 0.29) is 35.4 Å². The highest BCUT2D eigenvalue weighted by Crippen LogP contribution is 2.92. The number of rotatable bonds is 2. The molecule has 0 radical (unpaired) electrons. The normalized spacial score (nSPS) is 56.1. The molecule has 5 aliphatic carbocycles. The van der Waals surface area contributed by atoms with Crippen LogP contribution in [0.15, 0.2) is 22.5 Å². The molecule has 0 aromatic carbocycles. The van der Waals surface area contributed by atoms with E-state index in [0.29, 0.717) is 42.0 Å². The Morgan fingerprint density at radius 3 is 2.58 bits per heavy atom. The van der Waals surface area contributed by atoms with Gasteiger partial charge < -0.3 is 19.7 Å². The van der Waals surface area contributed by atoms with Crippen LogP contribution in [0.1, 0.15) is 79.6 Å². The molecule has 1 saturated heterocycles. The van der Waals surface area contributed by atoms with Gasteiger partial charge in [-0.3, -0.25) is 4.79 Å². The first kappa shape index (κ1) is 23.6. The summed E-state index contributed by atoms with van der Waals surface area (Å²) in [6, 6.07) is 0. The molecule has 2 N–H and O–H groups in total. The zero-order chi connectivity index (χ0) is 25.6. The van der Waals surface area contributed by atoms with E-state index in [0.717, 1.165) is 43.4 Å². The number of fused-ring (bicyclic) bond motifs is 2. The number of ketones is 1. The summed E-state index contributed by atoms with van der Waals surface area (Å²) in [4.78, 5) is 26.3. The minimum atomic E-state index is -0.633. The molecule has 0 bridgehead atoms. The Hall–Kier alpha value is -1.50. The summed E-state index contributed by atoms with van der Waals surface area (Å²) in [7, 11) is 0. The third-order valence-electron chi connectivity index (χ3n) is 13.0. The van der Waals surface area contributed by atoms with Gasteiger partial charge in [0, 0.05) is 12.8 Å². The Kier molecular flexibility index (Phi) is 4.54. The molecule has 7 aliphatic rings. The fraction of sp³-hybridized carbons (Fsp3) is 0.800. The molecule has 11 unspecified atom stereocenters. The van der Waals surface area contributed by atoms with Crippen molar-refractivity contribution in [2.45, 2.75) is 97.4 Å². The predicted octanol–water partition coefficient (Wildman–Crippen LogP) is 4.09. The number of hydrogen-bond donors (Lipinski definition) is 2. The topological polar surface area (TPSA) is 96.4 Å². The number of carbonyl (C=O) groups is 2. The van der Waals surface area contributed by atoms with Crippen LogP contribution in [-0.4, -0.2) is 46.4 Å². The van der Waals surface area contributed by atoms with E-state index in [1.165, 1.54) is 5.57 Å². The molecule has 3 spiro atoms. The Bertz CT molecular complexity index is 1150. The van der Waals surface area contributed by atoms with Crippen molar-refractivity contribution in [1.29, 1.82) is 0 Å². The van der Waals surface area contributed by atoms with Crippen molar-refractivity contribution in [2.24, 2.45) is 45.8 Å². The molecule has 5 saturated carbocycles. The highest BCUT2D eigenvalue weighted by molar-refractivity contribution is 5.94. The van der Waals surface area contributed by atoms with Gasteiger partial charge in [-0.25, -0.2) is 4.79 Å². The average molecular weight is 497 g/mol. The molecule has 36 heavy (non-hydrogen) atoms. The predicted molar refractivity (Wildman–Crippen MR) is 131 cm³/mol. The molecule has 6 heteroatoms. The van der Waals surface area contributed by atoms with Crippen molar-refractivity contribution in [3.05, 3.63) is 22.5 Å². The first-order valence-corrected chi connectivity index (χ1v) is 14.1. The largest absolute Gasteiger partial charge is 0.427 e.